The highest BCUT2D eigenvalue weighted by atomic mass is 19.4. The molecule has 2 aliphatic rings. The molecule has 0 radical (unpaired) electrons. The number of nitrogens with one attached hydrogen (secondary N) is 2. The number of carbonyl (C=O) groups excluding carboxylic acids is 1. The van der Waals surface area contributed by atoms with Gasteiger partial charge in [-0.15, -0.1) is 0 Å². The van der Waals surface area contributed by atoms with Crippen LogP contribution in [0.3, 0.4) is 0 Å². The average molecular weight is 491 g/mol. The largest absolute Gasteiger partial charge is 0.490 e. The van der Waals surface area contributed by atoms with E-state index in [9.17, 15) is 18.0 Å². The van der Waals surface area contributed by atoms with Crippen LogP contribution in [0, 0.1) is 0 Å². The van der Waals surface area contributed by atoms with E-state index in [1.807, 2.05) is 48.5 Å². The average Bonchev–Trinajstić information content (AvgIpc) is 3.28. The fourth-order valence-electron chi connectivity index (χ4n) is 4.18. The molecule has 1 unspecified atom stereocenters. The maximum atomic E-state index is 12.7. The first-order valence-corrected chi connectivity index (χ1v) is 11.1. The number of H-pyrrole nitrogens is 1. The lowest BCUT2D eigenvalue weighted by atomic mass is 9.85. The van der Waals surface area contributed by atoms with Crippen LogP contribution in [0.15, 0.2) is 48.5 Å². The predicted octanol–water partition coefficient (Wildman–Crippen LogP) is 4.18. The molecule has 35 heavy (non-hydrogen) atoms. The summed E-state index contributed by atoms with van der Waals surface area (Å²) in [6, 6.07) is 15.7. The number of ether oxygens (including phenoxy) is 2. The Kier molecular flexibility index (Phi) is 7.13. The Hall–Kier alpha value is -3.76. The van der Waals surface area contributed by atoms with Gasteiger partial charge in [-0.05, 0) is 43.5 Å². The molecule has 1 fully saturated rings. The number of carbonyl (C=O) groups is 2. The van der Waals surface area contributed by atoms with Crippen molar-refractivity contribution in [2.45, 2.75) is 49.9 Å². The van der Waals surface area contributed by atoms with Crippen molar-refractivity contribution in [1.29, 1.82) is 0 Å². The van der Waals surface area contributed by atoms with Gasteiger partial charge in [0.05, 0.1) is 11.0 Å². The van der Waals surface area contributed by atoms with Crippen molar-refractivity contribution in [1.82, 2.24) is 15.3 Å². The zero-order chi connectivity index (χ0) is 25.0. The van der Waals surface area contributed by atoms with Crippen LogP contribution in [0.25, 0.3) is 11.0 Å². The van der Waals surface area contributed by atoms with Crippen molar-refractivity contribution in [3.8, 4) is 11.5 Å². The van der Waals surface area contributed by atoms with Crippen molar-refractivity contribution in [2.24, 2.45) is 0 Å². The van der Waals surface area contributed by atoms with E-state index in [-0.39, 0.29) is 18.6 Å². The summed E-state index contributed by atoms with van der Waals surface area (Å²) >= 11 is 0. The standard InChI is InChI=1S/C22H23N3O3.C2HF3O2/c26-22(20-13-27-18-10-3-4-11-19(18)28-20)23-15-7-5-6-14(12-15)21-24-16-8-1-2-9-17(16)25-21;3-2(4,5)1(6)7/h1-4,8-11,14-15,20H,5-7,12-13H2,(H,23,26)(H,24,25);(H,6,7)/t14-,15+,20?;/m0./s1. The third kappa shape index (κ3) is 6.03. The number of amides is 1. The summed E-state index contributed by atoms with van der Waals surface area (Å²) in [6.07, 6.45) is -1.68. The van der Waals surface area contributed by atoms with Gasteiger partial charge in [0.25, 0.3) is 5.91 Å². The second-order valence-electron chi connectivity index (χ2n) is 8.38. The van der Waals surface area contributed by atoms with Crippen LogP contribution in [0.5, 0.6) is 11.5 Å². The van der Waals surface area contributed by atoms with Gasteiger partial charge >= 0.3 is 12.1 Å². The number of aromatic nitrogens is 2. The normalized spacial score (nSPS) is 21.5. The molecular weight excluding hydrogens is 467 g/mol. The van der Waals surface area contributed by atoms with Crippen LogP contribution in [0.4, 0.5) is 13.2 Å². The van der Waals surface area contributed by atoms with Crippen LogP contribution in [0.1, 0.15) is 37.4 Å². The van der Waals surface area contributed by atoms with Crippen molar-refractivity contribution in [3.05, 3.63) is 54.4 Å². The topological polar surface area (TPSA) is 114 Å². The number of carboxylic acid groups (broad SMARTS) is 1. The number of para-hydroxylation sites is 4. The number of imidazole rings is 1. The molecule has 0 saturated heterocycles. The molecule has 11 heteroatoms. The summed E-state index contributed by atoms with van der Waals surface area (Å²) in [5, 5.41) is 10.3. The van der Waals surface area contributed by atoms with Gasteiger partial charge in [-0.2, -0.15) is 13.2 Å². The summed E-state index contributed by atoms with van der Waals surface area (Å²) in [4.78, 5) is 29.8. The minimum atomic E-state index is -5.08. The van der Waals surface area contributed by atoms with Crippen LogP contribution < -0.4 is 14.8 Å². The Morgan fingerprint density at radius 2 is 1.74 bits per heavy atom. The van der Waals surface area contributed by atoms with E-state index in [2.05, 4.69) is 10.3 Å². The highest BCUT2D eigenvalue weighted by Crippen LogP contribution is 2.33. The van der Waals surface area contributed by atoms with Gasteiger partial charge in [0, 0.05) is 12.0 Å². The van der Waals surface area contributed by atoms with Crippen molar-refractivity contribution >= 4 is 22.9 Å². The number of fused-ring (bicyclic) bond motifs is 2. The molecule has 1 saturated carbocycles. The van der Waals surface area contributed by atoms with Gasteiger partial charge in [-0.25, -0.2) is 9.78 Å². The van der Waals surface area contributed by atoms with Crippen LogP contribution in [0.2, 0.25) is 0 Å². The summed E-state index contributed by atoms with van der Waals surface area (Å²) in [7, 11) is 0. The molecule has 2 aromatic carbocycles. The number of alkyl halides is 3. The number of halogens is 3. The first-order chi connectivity index (χ1) is 16.7. The number of benzene rings is 2. The third-order valence-corrected chi connectivity index (χ3v) is 5.86. The van der Waals surface area contributed by atoms with Crippen LogP contribution >= 0.6 is 0 Å². The molecule has 1 amide bonds. The van der Waals surface area contributed by atoms with Crippen molar-refractivity contribution in [3.63, 3.8) is 0 Å². The number of carboxylic acids is 1. The molecule has 3 atom stereocenters. The Balaban J connectivity index is 0.000000364. The Morgan fingerprint density at radius 3 is 2.46 bits per heavy atom. The second-order valence-corrected chi connectivity index (χ2v) is 8.38. The van der Waals surface area contributed by atoms with E-state index >= 15 is 0 Å². The Morgan fingerprint density at radius 1 is 1.06 bits per heavy atom. The van der Waals surface area contributed by atoms with E-state index in [1.54, 1.807) is 0 Å². The van der Waals surface area contributed by atoms with Crippen molar-refractivity contribution in [2.75, 3.05) is 6.61 Å². The zero-order valence-corrected chi connectivity index (χ0v) is 18.5. The van der Waals surface area contributed by atoms with Gasteiger partial charge in [0.2, 0.25) is 6.10 Å². The monoisotopic (exact) mass is 491 g/mol. The van der Waals surface area contributed by atoms with E-state index in [1.165, 1.54) is 0 Å². The zero-order valence-electron chi connectivity index (χ0n) is 18.5. The Labute approximate surface area is 198 Å². The maximum Gasteiger partial charge on any atom is 0.490 e. The summed E-state index contributed by atoms with van der Waals surface area (Å²) < 4.78 is 43.2. The quantitative estimate of drug-likeness (QED) is 0.507. The molecule has 1 aliphatic heterocycles. The lowest BCUT2D eigenvalue weighted by Gasteiger charge is -2.31. The molecule has 1 aromatic heterocycles. The number of rotatable bonds is 3. The van der Waals surface area contributed by atoms with E-state index in [4.69, 9.17) is 24.4 Å². The number of hydrogen-bond donors (Lipinski definition) is 3. The molecule has 3 N–H and O–H groups in total. The van der Waals surface area contributed by atoms with Gasteiger partial charge in [-0.3, -0.25) is 4.79 Å². The minimum Gasteiger partial charge on any atom is -0.485 e. The molecule has 8 nitrogen and oxygen atoms in total. The molecule has 186 valence electrons. The van der Waals surface area contributed by atoms with Gasteiger partial charge in [0.1, 0.15) is 12.4 Å². The fourth-order valence-corrected chi connectivity index (χ4v) is 4.18. The first-order valence-electron chi connectivity index (χ1n) is 11.1. The number of aromatic amines is 1. The highest BCUT2D eigenvalue weighted by molar-refractivity contribution is 5.82. The first kappa shape index (κ1) is 24.4. The van der Waals surface area contributed by atoms with E-state index in [0.717, 1.165) is 42.5 Å². The van der Waals surface area contributed by atoms with E-state index in [0.29, 0.717) is 17.4 Å². The molecule has 2 heterocycles. The molecule has 1 aliphatic carbocycles. The Bertz CT molecular complexity index is 1160. The molecule has 0 spiro atoms. The summed E-state index contributed by atoms with van der Waals surface area (Å²) in [5.41, 5.74) is 2.06. The SMILES string of the molecule is O=C(N[C@@H]1CCC[C@H](c2nc3ccccc3[nH]2)C1)C1COc2ccccc2O1.O=C(O)C(F)(F)F. The lowest BCUT2D eigenvalue weighted by molar-refractivity contribution is -0.192. The van der Waals surface area contributed by atoms with Gasteiger partial charge in [-0.1, -0.05) is 30.7 Å². The maximum absolute atomic E-state index is 12.7. The summed E-state index contributed by atoms with van der Waals surface area (Å²) in [5.74, 6) is -0.203. The summed E-state index contributed by atoms with van der Waals surface area (Å²) in [6.45, 7) is 0.239. The van der Waals surface area contributed by atoms with Gasteiger partial charge < -0.3 is 24.9 Å². The van der Waals surface area contributed by atoms with Crippen molar-refractivity contribution < 1.29 is 37.3 Å². The second kappa shape index (κ2) is 10.2. The molecule has 3 aromatic rings. The predicted molar refractivity (Wildman–Crippen MR) is 119 cm³/mol. The molecule has 0 bridgehead atoms. The van der Waals surface area contributed by atoms with Gasteiger partial charge in [0.15, 0.2) is 11.5 Å². The third-order valence-electron chi connectivity index (χ3n) is 5.86. The molecular formula is C24H24F3N3O5. The van der Waals surface area contributed by atoms with Crippen LogP contribution in [-0.2, 0) is 9.59 Å². The number of hydrogen-bond acceptors (Lipinski definition) is 5. The smallest absolute Gasteiger partial charge is 0.485 e. The number of nitrogens with zero attached hydrogens (tertiary/aromatic N) is 1. The van der Waals surface area contributed by atoms with E-state index < -0.39 is 18.2 Å². The fraction of sp³-hybridized carbons (Fsp3) is 0.375. The molecule has 5 rings (SSSR count). The number of aliphatic carboxylic acids is 1. The minimum absolute atomic E-state index is 0.107. The highest BCUT2D eigenvalue weighted by Gasteiger charge is 2.38. The lowest BCUT2D eigenvalue weighted by Crippen LogP contribution is -2.48. The van der Waals surface area contributed by atoms with Crippen LogP contribution in [-0.4, -0.2) is 51.9 Å².